The predicted octanol–water partition coefficient (Wildman–Crippen LogP) is 1.40. The fourth-order valence-corrected chi connectivity index (χ4v) is 2.59. The molecule has 9 heteroatoms. The van der Waals surface area contributed by atoms with Crippen molar-refractivity contribution in [3.63, 3.8) is 0 Å². The third-order valence-electron chi connectivity index (χ3n) is 3.95. The number of carbonyl (C=O) groups excluding carboxylic acids is 3. The van der Waals surface area contributed by atoms with Crippen LogP contribution in [-0.2, 0) is 25.5 Å². The maximum absolute atomic E-state index is 12.0. The Hall–Kier alpha value is -2.97. The lowest BCUT2D eigenvalue weighted by molar-refractivity contribution is -0.154. The second-order valence-corrected chi connectivity index (χ2v) is 5.93. The summed E-state index contributed by atoms with van der Waals surface area (Å²) >= 11 is 0. The second kappa shape index (κ2) is 7.94. The number of nitrogens with one attached hydrogen (secondary N) is 1. The Morgan fingerprint density at radius 2 is 1.96 bits per heavy atom. The lowest BCUT2D eigenvalue weighted by Gasteiger charge is -2.13. The van der Waals surface area contributed by atoms with Gasteiger partial charge in [-0.25, -0.2) is 14.3 Å². The van der Waals surface area contributed by atoms with E-state index < -0.39 is 24.1 Å². The van der Waals surface area contributed by atoms with Crippen molar-refractivity contribution in [1.82, 2.24) is 19.9 Å². The summed E-state index contributed by atoms with van der Waals surface area (Å²) < 4.78 is 11.1. The number of carbonyl (C=O) groups is 3. The Labute approximate surface area is 150 Å². The van der Waals surface area contributed by atoms with Crippen molar-refractivity contribution in [3.05, 3.63) is 28.7 Å². The van der Waals surface area contributed by atoms with Crippen LogP contribution >= 0.6 is 0 Å². The fraction of sp³-hybridized carbons (Fsp3) is 0.471. The number of hydrogen-bond acceptors (Lipinski definition) is 7. The van der Waals surface area contributed by atoms with Crippen LogP contribution in [0.5, 0.6) is 0 Å². The smallest absolute Gasteiger partial charge is 0.413 e. The third-order valence-corrected chi connectivity index (χ3v) is 3.95. The van der Waals surface area contributed by atoms with Gasteiger partial charge in [0.05, 0.1) is 12.8 Å². The molecule has 0 saturated carbocycles. The van der Waals surface area contributed by atoms with Crippen LogP contribution in [0, 0.1) is 20.8 Å². The summed E-state index contributed by atoms with van der Waals surface area (Å²) in [6.07, 6.45) is -1.52. The zero-order valence-electron chi connectivity index (χ0n) is 15.5. The van der Waals surface area contributed by atoms with Crippen molar-refractivity contribution in [2.45, 2.75) is 46.6 Å². The zero-order chi connectivity index (χ0) is 19.4. The number of fused-ring (bicyclic) bond motifs is 1. The van der Waals surface area contributed by atoms with Crippen LogP contribution in [0.15, 0.2) is 6.07 Å². The Kier molecular flexibility index (Phi) is 5.91. The van der Waals surface area contributed by atoms with Crippen LogP contribution in [0.2, 0.25) is 0 Å². The summed E-state index contributed by atoms with van der Waals surface area (Å²) in [7, 11) is 1.13. The van der Waals surface area contributed by atoms with E-state index in [0.717, 1.165) is 35.4 Å². The molecule has 9 nitrogen and oxygen atoms in total. The molecule has 140 valence electrons. The average molecular weight is 362 g/mol. The summed E-state index contributed by atoms with van der Waals surface area (Å²) in [4.78, 5) is 39.2. The van der Waals surface area contributed by atoms with E-state index >= 15 is 0 Å². The standard InChI is InChI=1S/C17H22N4O5/c1-9-8-14-18-10(2)13(11(3)21(14)20-9)6-7-15(22)26-12(4)16(23)19-17(24)25-5/h8,12H,6-7H2,1-5H3,(H,19,23,24)/t12-/m1/s1. The van der Waals surface area contributed by atoms with Gasteiger partial charge in [-0.2, -0.15) is 5.10 Å². The third kappa shape index (κ3) is 4.35. The highest BCUT2D eigenvalue weighted by atomic mass is 16.6. The summed E-state index contributed by atoms with van der Waals surface area (Å²) in [5.74, 6) is -1.29. The highest BCUT2D eigenvalue weighted by molar-refractivity contribution is 5.94. The molecule has 0 spiro atoms. The second-order valence-electron chi connectivity index (χ2n) is 5.93. The minimum absolute atomic E-state index is 0.0744. The van der Waals surface area contributed by atoms with E-state index in [0.29, 0.717) is 6.42 Å². The van der Waals surface area contributed by atoms with E-state index in [-0.39, 0.29) is 6.42 Å². The Morgan fingerprint density at radius 3 is 2.62 bits per heavy atom. The van der Waals surface area contributed by atoms with Crippen molar-refractivity contribution in [2.24, 2.45) is 0 Å². The number of imide groups is 1. The highest BCUT2D eigenvalue weighted by Crippen LogP contribution is 2.17. The largest absolute Gasteiger partial charge is 0.453 e. The number of ether oxygens (including phenoxy) is 2. The van der Waals surface area contributed by atoms with Gasteiger partial charge >= 0.3 is 12.1 Å². The van der Waals surface area contributed by atoms with Crippen LogP contribution < -0.4 is 5.32 Å². The lowest BCUT2D eigenvalue weighted by atomic mass is 10.1. The predicted molar refractivity (Wildman–Crippen MR) is 91.6 cm³/mol. The van der Waals surface area contributed by atoms with Crippen LogP contribution in [0.3, 0.4) is 0 Å². The Bertz CT molecular complexity index is 858. The molecule has 0 aliphatic carbocycles. The van der Waals surface area contributed by atoms with E-state index in [2.05, 4.69) is 14.8 Å². The maximum Gasteiger partial charge on any atom is 0.413 e. The number of hydrogen-bond donors (Lipinski definition) is 1. The Morgan fingerprint density at radius 1 is 1.27 bits per heavy atom. The normalized spacial score (nSPS) is 11.9. The average Bonchev–Trinajstić information content (AvgIpc) is 2.94. The number of esters is 1. The molecule has 0 fully saturated rings. The van der Waals surface area contributed by atoms with Crippen LogP contribution in [0.4, 0.5) is 4.79 Å². The topological polar surface area (TPSA) is 112 Å². The van der Waals surface area contributed by atoms with Crippen molar-refractivity contribution in [3.8, 4) is 0 Å². The van der Waals surface area contributed by atoms with Gasteiger partial charge in [0.1, 0.15) is 0 Å². The molecular formula is C17H22N4O5. The minimum atomic E-state index is -1.10. The van der Waals surface area contributed by atoms with Gasteiger partial charge in [0.15, 0.2) is 11.8 Å². The van der Waals surface area contributed by atoms with E-state index in [1.54, 1.807) is 4.52 Å². The van der Waals surface area contributed by atoms with Crippen molar-refractivity contribution >= 4 is 23.6 Å². The number of amides is 2. The first-order valence-corrected chi connectivity index (χ1v) is 8.13. The van der Waals surface area contributed by atoms with Gasteiger partial charge in [-0.3, -0.25) is 14.9 Å². The molecule has 2 amide bonds. The number of aryl methyl sites for hydroxylation is 3. The number of aromatic nitrogens is 3. The molecule has 0 bridgehead atoms. The van der Waals surface area contributed by atoms with Crippen molar-refractivity contribution in [2.75, 3.05) is 7.11 Å². The Balaban J connectivity index is 2.00. The number of alkyl carbamates (subject to hydrolysis) is 1. The minimum Gasteiger partial charge on any atom is -0.453 e. The number of nitrogens with zero attached hydrogens (tertiary/aromatic N) is 3. The molecule has 1 N–H and O–H groups in total. The summed E-state index contributed by atoms with van der Waals surface area (Å²) in [6.45, 7) is 7.07. The molecule has 0 aliphatic rings. The van der Waals surface area contributed by atoms with Gasteiger partial charge in [-0.15, -0.1) is 0 Å². The molecule has 0 aromatic carbocycles. The molecule has 2 heterocycles. The highest BCUT2D eigenvalue weighted by Gasteiger charge is 2.21. The number of methoxy groups -OCH3 is 1. The van der Waals surface area contributed by atoms with Gasteiger partial charge in [0, 0.05) is 23.9 Å². The summed E-state index contributed by atoms with van der Waals surface area (Å²) in [5.41, 5.74) is 4.26. The van der Waals surface area contributed by atoms with E-state index in [4.69, 9.17) is 4.74 Å². The molecule has 2 rings (SSSR count). The molecule has 0 saturated heterocycles. The molecule has 2 aromatic heterocycles. The monoisotopic (exact) mass is 362 g/mol. The zero-order valence-corrected chi connectivity index (χ0v) is 15.5. The van der Waals surface area contributed by atoms with Crippen LogP contribution in [0.1, 0.15) is 36.0 Å². The van der Waals surface area contributed by atoms with Crippen LogP contribution in [0.25, 0.3) is 5.65 Å². The molecular weight excluding hydrogens is 340 g/mol. The van der Waals surface area contributed by atoms with Gasteiger partial charge in [0.25, 0.3) is 5.91 Å². The van der Waals surface area contributed by atoms with E-state index in [1.807, 2.05) is 32.2 Å². The quantitative estimate of drug-likeness (QED) is 0.800. The summed E-state index contributed by atoms with van der Waals surface area (Å²) in [5, 5.41) is 6.34. The fourth-order valence-electron chi connectivity index (χ4n) is 2.59. The lowest BCUT2D eigenvalue weighted by Crippen LogP contribution is -2.39. The van der Waals surface area contributed by atoms with Crippen LogP contribution in [-0.4, -0.2) is 45.8 Å². The summed E-state index contributed by atoms with van der Waals surface area (Å²) in [6, 6.07) is 1.89. The maximum atomic E-state index is 12.0. The molecule has 1 atom stereocenters. The van der Waals surface area contributed by atoms with Gasteiger partial charge in [-0.1, -0.05) is 0 Å². The molecule has 2 aromatic rings. The van der Waals surface area contributed by atoms with Gasteiger partial charge in [-0.05, 0) is 39.7 Å². The first-order valence-electron chi connectivity index (χ1n) is 8.13. The molecule has 0 unspecified atom stereocenters. The first-order chi connectivity index (χ1) is 12.2. The van der Waals surface area contributed by atoms with Gasteiger partial charge in [0.2, 0.25) is 0 Å². The van der Waals surface area contributed by atoms with Crippen molar-refractivity contribution in [1.29, 1.82) is 0 Å². The number of rotatable bonds is 5. The molecule has 26 heavy (non-hydrogen) atoms. The molecule has 0 radical (unpaired) electrons. The van der Waals surface area contributed by atoms with E-state index in [1.165, 1.54) is 6.92 Å². The SMILES string of the molecule is COC(=O)NC(=O)[C@@H](C)OC(=O)CCc1c(C)nc2cc(C)nn2c1C. The first kappa shape index (κ1) is 19.4. The van der Waals surface area contributed by atoms with E-state index in [9.17, 15) is 14.4 Å². The molecule has 0 aliphatic heterocycles. The van der Waals surface area contributed by atoms with Gasteiger partial charge < -0.3 is 9.47 Å². The van der Waals surface area contributed by atoms with Crippen molar-refractivity contribution < 1.29 is 23.9 Å².